The molecule has 5 rings (SSSR count). The van der Waals surface area contributed by atoms with Crippen LogP contribution in [0.15, 0.2) is 97.3 Å². The number of hydrogen-bond acceptors (Lipinski definition) is 4. The molecule has 2 fully saturated rings. The highest BCUT2D eigenvalue weighted by Gasteiger charge is 2.32. The first kappa shape index (κ1) is 25.4. The van der Waals surface area contributed by atoms with Gasteiger partial charge in [0.15, 0.2) is 0 Å². The Morgan fingerprint density at radius 2 is 1.11 bits per heavy atom. The maximum absolute atomic E-state index is 12.3. The van der Waals surface area contributed by atoms with Gasteiger partial charge in [0, 0.05) is 43.7 Å². The summed E-state index contributed by atoms with van der Waals surface area (Å²) in [6.07, 6.45) is 10.0. The zero-order valence-electron chi connectivity index (χ0n) is 21.6. The number of nitrogens with zero attached hydrogens (tertiary/aromatic N) is 3. The maximum Gasteiger partial charge on any atom is 0.414 e. The van der Waals surface area contributed by atoms with E-state index in [1.54, 1.807) is 9.80 Å². The van der Waals surface area contributed by atoms with Crippen LogP contribution in [0.2, 0.25) is 0 Å². The number of amides is 2. The highest BCUT2D eigenvalue weighted by atomic mass is 16.6. The van der Waals surface area contributed by atoms with E-state index in [1.807, 2.05) is 68.0 Å². The van der Waals surface area contributed by atoms with Gasteiger partial charge in [-0.15, -0.1) is 0 Å². The quantitative estimate of drug-likeness (QED) is 0.372. The Morgan fingerprint density at radius 1 is 0.684 bits per heavy atom. The molecule has 2 aliphatic rings. The fourth-order valence-electron chi connectivity index (χ4n) is 4.98. The van der Waals surface area contributed by atoms with Crippen LogP contribution in [0.3, 0.4) is 0 Å². The summed E-state index contributed by atoms with van der Waals surface area (Å²) in [5.41, 5.74) is 4.64. The van der Waals surface area contributed by atoms with Crippen molar-refractivity contribution in [3.8, 4) is 0 Å². The summed E-state index contributed by atoms with van der Waals surface area (Å²) >= 11 is 0. The topological polar surface area (TPSA) is 64.0 Å². The van der Waals surface area contributed by atoms with Crippen molar-refractivity contribution in [2.45, 2.75) is 37.8 Å². The van der Waals surface area contributed by atoms with E-state index in [9.17, 15) is 9.59 Å². The van der Waals surface area contributed by atoms with Crippen molar-refractivity contribution in [1.82, 2.24) is 14.4 Å². The Balaban J connectivity index is 1.16. The smallest absolute Gasteiger partial charge is 0.414 e. The fraction of sp³-hybridized carbons (Fsp3) is 0.290. The fourth-order valence-corrected chi connectivity index (χ4v) is 4.98. The predicted octanol–water partition coefficient (Wildman–Crippen LogP) is 5.26. The molecule has 1 aromatic heterocycles. The summed E-state index contributed by atoms with van der Waals surface area (Å²) < 4.78 is 12.8. The van der Waals surface area contributed by atoms with Crippen molar-refractivity contribution in [3.05, 3.63) is 120 Å². The molecule has 0 bridgehead atoms. The van der Waals surface area contributed by atoms with Crippen molar-refractivity contribution in [2.24, 2.45) is 7.05 Å². The Morgan fingerprint density at radius 3 is 1.53 bits per heavy atom. The van der Waals surface area contributed by atoms with Gasteiger partial charge in [0.05, 0.1) is 12.1 Å². The zero-order chi connectivity index (χ0) is 26.3. The van der Waals surface area contributed by atoms with Gasteiger partial charge in [0.25, 0.3) is 0 Å². The molecule has 0 spiro atoms. The van der Waals surface area contributed by atoms with Gasteiger partial charge >= 0.3 is 12.2 Å². The average Bonchev–Trinajstić information content (AvgIpc) is 3.58. The van der Waals surface area contributed by atoms with Crippen LogP contribution in [-0.2, 0) is 42.2 Å². The molecule has 2 aliphatic heterocycles. The van der Waals surface area contributed by atoms with Crippen molar-refractivity contribution < 1.29 is 19.1 Å². The number of carbonyl (C=O) groups excluding carboxylic acids is 2. The normalized spacial score (nSPS) is 19.6. The van der Waals surface area contributed by atoms with Gasteiger partial charge in [-0.05, 0) is 36.1 Å². The number of benzene rings is 2. The number of aromatic nitrogens is 1. The molecule has 7 heteroatoms. The van der Waals surface area contributed by atoms with E-state index in [1.165, 1.54) is 11.1 Å². The van der Waals surface area contributed by atoms with E-state index in [-0.39, 0.29) is 24.3 Å². The molecule has 0 unspecified atom stereocenters. The summed E-state index contributed by atoms with van der Waals surface area (Å²) in [5, 5.41) is 0. The number of carbonyl (C=O) groups is 2. The molecule has 2 saturated heterocycles. The average molecular weight is 512 g/mol. The Hall–Kier alpha value is -4.26. The molecule has 196 valence electrons. The number of cyclic esters (lactones) is 2. The molecular weight excluding hydrogens is 478 g/mol. The SMILES string of the molecule is Cn1c(C/C=C/N2C(=O)OC[C@@H]2Cc2ccccc2)ccc1C/C=C/N1C(=O)OC[C@@H]1Cc1ccccc1. The van der Waals surface area contributed by atoms with Crippen LogP contribution in [-0.4, -0.2) is 51.9 Å². The molecule has 2 amide bonds. The summed E-state index contributed by atoms with van der Waals surface area (Å²) in [5.74, 6) is 0. The summed E-state index contributed by atoms with van der Waals surface area (Å²) in [6, 6.07) is 24.5. The Bertz CT molecular complexity index is 1200. The third-order valence-corrected chi connectivity index (χ3v) is 7.15. The van der Waals surface area contributed by atoms with Crippen LogP contribution in [0.1, 0.15) is 22.5 Å². The molecule has 0 aliphatic carbocycles. The Labute approximate surface area is 223 Å². The lowest BCUT2D eigenvalue weighted by atomic mass is 10.1. The standard InChI is InChI=1S/C31H33N3O4/c1-32-26(14-8-18-33-28(22-37-30(33)35)20-24-10-4-2-5-11-24)16-17-27(32)15-9-19-34-29(23-38-31(34)36)21-25-12-6-3-7-13-25/h2-13,16-19,28-29H,14-15,20-23H2,1H3/b18-8+,19-9+/t28-,29-/m0/s1. The lowest BCUT2D eigenvalue weighted by Gasteiger charge is -2.17. The van der Waals surface area contributed by atoms with Gasteiger partial charge in [-0.2, -0.15) is 0 Å². The molecule has 0 saturated carbocycles. The molecule has 38 heavy (non-hydrogen) atoms. The first-order chi connectivity index (χ1) is 18.6. The Kier molecular flexibility index (Phi) is 7.92. The van der Waals surface area contributed by atoms with Crippen LogP contribution in [0.25, 0.3) is 0 Å². The van der Waals surface area contributed by atoms with Gasteiger partial charge in [0.1, 0.15) is 13.2 Å². The first-order valence-electron chi connectivity index (χ1n) is 13.0. The number of rotatable bonds is 10. The van der Waals surface area contributed by atoms with E-state index >= 15 is 0 Å². The van der Waals surface area contributed by atoms with E-state index in [4.69, 9.17) is 9.47 Å². The second kappa shape index (κ2) is 11.9. The van der Waals surface area contributed by atoms with Crippen LogP contribution in [0, 0.1) is 0 Å². The highest BCUT2D eigenvalue weighted by molar-refractivity contribution is 5.72. The molecule has 0 radical (unpaired) electrons. The second-order valence-corrected chi connectivity index (χ2v) is 9.71. The van der Waals surface area contributed by atoms with E-state index in [0.717, 1.165) is 24.2 Å². The molecule has 2 atom stereocenters. The molecule has 2 aromatic carbocycles. The van der Waals surface area contributed by atoms with Gasteiger partial charge in [-0.3, -0.25) is 9.80 Å². The van der Waals surface area contributed by atoms with Gasteiger partial charge in [-0.1, -0.05) is 72.8 Å². The minimum Gasteiger partial charge on any atom is -0.447 e. The molecule has 7 nitrogen and oxygen atoms in total. The predicted molar refractivity (Wildman–Crippen MR) is 145 cm³/mol. The van der Waals surface area contributed by atoms with Crippen LogP contribution >= 0.6 is 0 Å². The monoisotopic (exact) mass is 511 g/mol. The maximum atomic E-state index is 12.3. The molecule has 0 N–H and O–H groups in total. The lowest BCUT2D eigenvalue weighted by molar-refractivity contribution is 0.165. The van der Waals surface area contributed by atoms with Crippen molar-refractivity contribution in [3.63, 3.8) is 0 Å². The number of hydrogen-bond donors (Lipinski definition) is 0. The van der Waals surface area contributed by atoms with Gasteiger partial charge < -0.3 is 14.0 Å². The van der Waals surface area contributed by atoms with E-state index < -0.39 is 0 Å². The lowest BCUT2D eigenvalue weighted by Crippen LogP contribution is -2.30. The van der Waals surface area contributed by atoms with E-state index in [2.05, 4.69) is 41.0 Å². The van der Waals surface area contributed by atoms with Crippen molar-refractivity contribution >= 4 is 12.2 Å². The van der Waals surface area contributed by atoms with Crippen molar-refractivity contribution in [1.29, 1.82) is 0 Å². The largest absolute Gasteiger partial charge is 0.447 e. The van der Waals surface area contributed by atoms with Crippen LogP contribution in [0.5, 0.6) is 0 Å². The molecule has 3 heterocycles. The third kappa shape index (κ3) is 5.99. The summed E-state index contributed by atoms with van der Waals surface area (Å²) in [6.45, 7) is 0.797. The minimum atomic E-state index is -0.300. The molecular formula is C31H33N3O4. The minimum absolute atomic E-state index is 0.00162. The summed E-state index contributed by atoms with van der Waals surface area (Å²) in [4.78, 5) is 27.9. The second-order valence-electron chi connectivity index (χ2n) is 9.71. The van der Waals surface area contributed by atoms with E-state index in [0.29, 0.717) is 26.1 Å². The number of allylic oxidation sites excluding steroid dienone is 2. The van der Waals surface area contributed by atoms with Crippen LogP contribution in [0.4, 0.5) is 9.59 Å². The zero-order valence-corrected chi connectivity index (χ0v) is 21.6. The highest BCUT2D eigenvalue weighted by Crippen LogP contribution is 2.20. The molecule has 3 aromatic rings. The summed E-state index contributed by atoms with van der Waals surface area (Å²) in [7, 11) is 2.04. The van der Waals surface area contributed by atoms with Crippen LogP contribution < -0.4 is 0 Å². The van der Waals surface area contributed by atoms with Gasteiger partial charge in [0.2, 0.25) is 0 Å². The van der Waals surface area contributed by atoms with Gasteiger partial charge in [-0.25, -0.2) is 9.59 Å². The van der Waals surface area contributed by atoms with Crippen molar-refractivity contribution in [2.75, 3.05) is 13.2 Å². The first-order valence-corrected chi connectivity index (χ1v) is 13.0. The third-order valence-electron chi connectivity index (χ3n) is 7.15. The number of ether oxygens (including phenoxy) is 2.